The molecule has 3 aromatic rings. The minimum absolute atomic E-state index is 0.110. The zero-order valence-electron chi connectivity index (χ0n) is 18.2. The van der Waals surface area contributed by atoms with Crippen molar-refractivity contribution in [3.05, 3.63) is 94.8 Å². The Labute approximate surface area is 191 Å². The van der Waals surface area contributed by atoms with Crippen LogP contribution in [0.4, 0.5) is 15.8 Å². The number of aryl methyl sites for hydroxylation is 2. The molecule has 0 bridgehead atoms. The largest absolute Gasteiger partial charge is 0.484 e. The van der Waals surface area contributed by atoms with Crippen LogP contribution in [0.25, 0.3) is 6.08 Å². The molecular formula is C26H22FN3O3. The quantitative estimate of drug-likeness (QED) is 0.397. The molecule has 0 aliphatic heterocycles. The minimum Gasteiger partial charge on any atom is -0.484 e. The zero-order valence-corrected chi connectivity index (χ0v) is 18.2. The van der Waals surface area contributed by atoms with Gasteiger partial charge < -0.3 is 15.4 Å². The van der Waals surface area contributed by atoms with E-state index in [9.17, 15) is 19.2 Å². The number of hydrogen-bond acceptors (Lipinski definition) is 4. The van der Waals surface area contributed by atoms with Crippen LogP contribution < -0.4 is 15.4 Å². The molecular weight excluding hydrogens is 421 g/mol. The number of nitrogens with zero attached hydrogens (tertiary/aromatic N) is 1. The van der Waals surface area contributed by atoms with Gasteiger partial charge in [0, 0.05) is 11.4 Å². The Kier molecular flexibility index (Phi) is 7.55. The molecule has 0 atom stereocenters. The van der Waals surface area contributed by atoms with Crippen LogP contribution in [0, 0.1) is 31.0 Å². The number of benzene rings is 3. The van der Waals surface area contributed by atoms with Crippen molar-refractivity contribution in [2.75, 3.05) is 17.2 Å². The maximum absolute atomic E-state index is 13.0. The van der Waals surface area contributed by atoms with E-state index in [0.717, 1.165) is 11.1 Å². The van der Waals surface area contributed by atoms with Gasteiger partial charge in [0.05, 0.1) is 0 Å². The summed E-state index contributed by atoms with van der Waals surface area (Å²) in [6.07, 6.45) is 1.43. The lowest BCUT2D eigenvalue weighted by atomic mass is 10.1. The molecule has 0 radical (unpaired) electrons. The molecule has 2 amide bonds. The second-order valence-electron chi connectivity index (χ2n) is 7.34. The van der Waals surface area contributed by atoms with Gasteiger partial charge >= 0.3 is 0 Å². The molecule has 0 spiro atoms. The SMILES string of the molecule is Cc1ccc(NC(=O)COc2ccc(/C=C(\C#N)C(=O)Nc3ccc(F)cc3)cc2)cc1C. The van der Waals surface area contributed by atoms with Crippen LogP contribution in [-0.4, -0.2) is 18.4 Å². The molecule has 0 saturated carbocycles. The van der Waals surface area contributed by atoms with E-state index in [2.05, 4.69) is 10.6 Å². The highest BCUT2D eigenvalue weighted by atomic mass is 19.1. The lowest BCUT2D eigenvalue weighted by Crippen LogP contribution is -2.20. The molecule has 0 saturated heterocycles. The summed E-state index contributed by atoms with van der Waals surface area (Å²) in [5.74, 6) is -0.843. The number of halogens is 1. The van der Waals surface area contributed by atoms with Gasteiger partial charge in [-0.15, -0.1) is 0 Å². The van der Waals surface area contributed by atoms with Gasteiger partial charge in [-0.1, -0.05) is 18.2 Å². The highest BCUT2D eigenvalue weighted by molar-refractivity contribution is 6.09. The standard InChI is InChI=1S/C26H22FN3O3/c1-17-3-8-23(13-18(17)2)29-25(31)16-33-24-11-4-19(5-12-24)14-20(15-28)26(32)30-22-9-6-21(27)7-10-22/h3-14H,16H2,1-2H3,(H,29,31)(H,30,32)/b20-14+. The fraction of sp³-hybridized carbons (Fsp3) is 0.115. The first-order valence-electron chi connectivity index (χ1n) is 10.1. The van der Waals surface area contributed by atoms with Crippen LogP contribution in [0.1, 0.15) is 16.7 Å². The van der Waals surface area contributed by atoms with Crippen LogP contribution in [-0.2, 0) is 9.59 Å². The van der Waals surface area contributed by atoms with Crippen molar-refractivity contribution < 1.29 is 18.7 Å². The fourth-order valence-corrected chi connectivity index (χ4v) is 2.87. The maximum Gasteiger partial charge on any atom is 0.266 e. The molecule has 6 nitrogen and oxygen atoms in total. The third kappa shape index (κ3) is 6.77. The summed E-state index contributed by atoms with van der Waals surface area (Å²) < 4.78 is 18.5. The molecule has 0 unspecified atom stereocenters. The van der Waals surface area contributed by atoms with Gasteiger partial charge in [0.15, 0.2) is 6.61 Å². The summed E-state index contributed by atoms with van der Waals surface area (Å²) >= 11 is 0. The molecule has 3 rings (SSSR count). The Morgan fingerprint density at radius 3 is 2.24 bits per heavy atom. The van der Waals surface area contributed by atoms with Gasteiger partial charge in [-0.05, 0) is 85.1 Å². The second-order valence-corrected chi connectivity index (χ2v) is 7.34. The first kappa shape index (κ1) is 23.2. The van der Waals surface area contributed by atoms with Crippen LogP contribution in [0.2, 0.25) is 0 Å². The van der Waals surface area contributed by atoms with E-state index in [1.165, 1.54) is 30.3 Å². The van der Waals surface area contributed by atoms with E-state index >= 15 is 0 Å². The van der Waals surface area contributed by atoms with Gasteiger partial charge in [-0.3, -0.25) is 9.59 Å². The predicted molar refractivity (Wildman–Crippen MR) is 125 cm³/mol. The number of rotatable bonds is 7. The molecule has 0 aliphatic rings. The average Bonchev–Trinajstić information content (AvgIpc) is 2.80. The molecule has 3 aromatic carbocycles. The van der Waals surface area contributed by atoms with Gasteiger partial charge in [0.1, 0.15) is 23.2 Å². The van der Waals surface area contributed by atoms with Crippen molar-refractivity contribution in [1.82, 2.24) is 0 Å². The molecule has 33 heavy (non-hydrogen) atoms. The highest BCUT2D eigenvalue weighted by Gasteiger charge is 2.10. The Morgan fingerprint density at radius 2 is 1.61 bits per heavy atom. The average molecular weight is 443 g/mol. The number of carbonyl (C=O) groups is 2. The normalized spacial score (nSPS) is 10.8. The third-order valence-corrected chi connectivity index (χ3v) is 4.82. The molecule has 0 fully saturated rings. The summed E-state index contributed by atoms with van der Waals surface area (Å²) in [5, 5.41) is 14.7. The molecule has 7 heteroatoms. The summed E-state index contributed by atoms with van der Waals surface area (Å²) in [4.78, 5) is 24.4. The topological polar surface area (TPSA) is 91.2 Å². The predicted octanol–water partition coefficient (Wildman–Crippen LogP) is 5.01. The number of amides is 2. The van der Waals surface area contributed by atoms with Crippen molar-refractivity contribution in [3.63, 3.8) is 0 Å². The Morgan fingerprint density at radius 1 is 0.939 bits per heavy atom. The van der Waals surface area contributed by atoms with E-state index in [0.29, 0.717) is 22.7 Å². The Hall–Kier alpha value is -4.44. The van der Waals surface area contributed by atoms with E-state index < -0.39 is 11.7 Å². The lowest BCUT2D eigenvalue weighted by Gasteiger charge is -2.09. The number of carbonyl (C=O) groups excluding carboxylic acids is 2. The van der Waals surface area contributed by atoms with E-state index in [4.69, 9.17) is 4.74 Å². The lowest BCUT2D eigenvalue weighted by molar-refractivity contribution is -0.118. The van der Waals surface area contributed by atoms with Crippen molar-refractivity contribution >= 4 is 29.3 Å². The Balaban J connectivity index is 1.56. The van der Waals surface area contributed by atoms with Crippen LogP contribution in [0.15, 0.2) is 72.3 Å². The van der Waals surface area contributed by atoms with Crippen LogP contribution in [0.3, 0.4) is 0 Å². The molecule has 166 valence electrons. The van der Waals surface area contributed by atoms with Gasteiger partial charge in [0.2, 0.25) is 0 Å². The van der Waals surface area contributed by atoms with E-state index in [1.54, 1.807) is 24.3 Å². The maximum atomic E-state index is 13.0. The van der Waals surface area contributed by atoms with Gasteiger partial charge in [-0.25, -0.2) is 4.39 Å². The minimum atomic E-state index is -0.604. The number of ether oxygens (including phenoxy) is 1. The van der Waals surface area contributed by atoms with Gasteiger partial charge in [-0.2, -0.15) is 5.26 Å². The van der Waals surface area contributed by atoms with Crippen LogP contribution >= 0.6 is 0 Å². The van der Waals surface area contributed by atoms with E-state index in [1.807, 2.05) is 38.1 Å². The third-order valence-electron chi connectivity index (χ3n) is 4.82. The zero-order chi connectivity index (χ0) is 23.8. The molecule has 0 aliphatic carbocycles. The first-order chi connectivity index (χ1) is 15.8. The summed E-state index contributed by atoms with van der Waals surface area (Å²) in [6, 6.07) is 19.4. The van der Waals surface area contributed by atoms with Gasteiger partial charge in [0.25, 0.3) is 11.8 Å². The summed E-state index contributed by atoms with van der Waals surface area (Å²) in [6.45, 7) is 3.81. The second kappa shape index (κ2) is 10.7. The molecule has 0 aromatic heterocycles. The van der Waals surface area contributed by atoms with Crippen molar-refractivity contribution in [3.8, 4) is 11.8 Å². The smallest absolute Gasteiger partial charge is 0.266 e. The number of hydrogen-bond donors (Lipinski definition) is 2. The molecule has 2 N–H and O–H groups in total. The summed E-state index contributed by atoms with van der Waals surface area (Å²) in [5.41, 5.74) is 3.81. The highest BCUT2D eigenvalue weighted by Crippen LogP contribution is 2.17. The fourth-order valence-electron chi connectivity index (χ4n) is 2.87. The van der Waals surface area contributed by atoms with Crippen molar-refractivity contribution in [2.45, 2.75) is 13.8 Å². The number of nitrogens with one attached hydrogen (secondary N) is 2. The number of anilines is 2. The van der Waals surface area contributed by atoms with Crippen molar-refractivity contribution in [1.29, 1.82) is 5.26 Å². The monoisotopic (exact) mass is 443 g/mol. The van der Waals surface area contributed by atoms with Crippen LogP contribution in [0.5, 0.6) is 5.75 Å². The molecule has 0 heterocycles. The Bertz CT molecular complexity index is 1230. The first-order valence-corrected chi connectivity index (χ1v) is 10.1. The van der Waals surface area contributed by atoms with E-state index in [-0.39, 0.29) is 18.1 Å². The van der Waals surface area contributed by atoms with Crippen molar-refractivity contribution in [2.24, 2.45) is 0 Å². The summed E-state index contributed by atoms with van der Waals surface area (Å²) in [7, 11) is 0. The number of nitriles is 1.